The van der Waals surface area contributed by atoms with Gasteiger partial charge in [-0.05, 0) is 18.2 Å². The normalized spacial score (nSPS) is 11.4. The smallest absolute Gasteiger partial charge is 0.263 e. The lowest BCUT2D eigenvalue weighted by atomic mass is 10.3. The average Bonchev–Trinajstić information content (AvgIpc) is 2.83. The lowest BCUT2D eigenvalue weighted by molar-refractivity contribution is 0.272. The van der Waals surface area contributed by atoms with Crippen LogP contribution < -0.4 is 9.46 Å². The molecule has 21 heavy (non-hydrogen) atoms. The van der Waals surface area contributed by atoms with Gasteiger partial charge in [0.1, 0.15) is 16.5 Å². The summed E-state index contributed by atoms with van der Waals surface area (Å²) in [5.41, 5.74) is 0.227. The van der Waals surface area contributed by atoms with Gasteiger partial charge in [0.05, 0.1) is 19.4 Å². The van der Waals surface area contributed by atoms with Crippen LogP contribution in [0, 0.1) is 5.82 Å². The second kappa shape index (κ2) is 5.74. The van der Waals surface area contributed by atoms with Crippen LogP contribution in [0.2, 0.25) is 0 Å². The predicted molar refractivity (Wildman–Crippen MR) is 75.1 cm³/mol. The van der Waals surface area contributed by atoms with Crippen LogP contribution in [0.5, 0.6) is 5.75 Å². The van der Waals surface area contributed by atoms with Crippen molar-refractivity contribution in [2.24, 2.45) is 7.05 Å². The van der Waals surface area contributed by atoms with Gasteiger partial charge in [0.25, 0.3) is 10.0 Å². The lowest BCUT2D eigenvalue weighted by Gasteiger charge is -2.09. The summed E-state index contributed by atoms with van der Waals surface area (Å²) in [4.78, 5) is -0.0590. The maximum atomic E-state index is 13.7. The average molecular weight is 314 g/mol. The van der Waals surface area contributed by atoms with Crippen LogP contribution in [0.4, 0.5) is 10.1 Å². The number of aliphatic hydroxyl groups excluding tert-OH is 1. The molecule has 8 heteroatoms. The van der Waals surface area contributed by atoms with Gasteiger partial charge in [0.2, 0.25) is 0 Å². The quantitative estimate of drug-likeness (QED) is 0.875. The van der Waals surface area contributed by atoms with Crippen LogP contribution in [0.3, 0.4) is 0 Å². The van der Waals surface area contributed by atoms with E-state index < -0.39 is 15.8 Å². The Kier molecular flexibility index (Phi) is 4.19. The highest BCUT2D eigenvalue weighted by Gasteiger charge is 2.19. The molecule has 0 unspecified atom stereocenters. The summed E-state index contributed by atoms with van der Waals surface area (Å²) < 4.78 is 46.7. The Labute approximate surface area is 121 Å². The molecule has 1 aromatic heterocycles. The summed E-state index contributed by atoms with van der Waals surface area (Å²) in [7, 11) is -0.943. The molecule has 0 spiro atoms. The molecule has 0 fully saturated rings. The maximum Gasteiger partial charge on any atom is 0.263 e. The summed E-state index contributed by atoms with van der Waals surface area (Å²) in [6.07, 6.45) is 1.34. The number of rotatable bonds is 5. The van der Waals surface area contributed by atoms with Crippen molar-refractivity contribution < 1.29 is 22.7 Å². The fraction of sp³-hybridized carbons (Fsp3) is 0.231. The number of benzene rings is 1. The Balaban J connectivity index is 2.37. The molecular weight excluding hydrogens is 299 g/mol. The molecule has 114 valence electrons. The molecule has 0 saturated heterocycles. The minimum absolute atomic E-state index is 0.0590. The molecule has 0 aliphatic carbocycles. The molecule has 6 nitrogen and oxygen atoms in total. The zero-order chi connectivity index (χ0) is 15.6. The SMILES string of the molecule is COc1ccc(F)c(NS(=O)(=O)c2cc(CO)n(C)c2)c1. The number of aliphatic hydroxyl groups is 1. The number of nitrogens with one attached hydrogen (secondary N) is 1. The summed E-state index contributed by atoms with van der Waals surface area (Å²) in [6.45, 7) is -0.292. The zero-order valence-electron chi connectivity index (χ0n) is 11.5. The summed E-state index contributed by atoms with van der Waals surface area (Å²) >= 11 is 0. The van der Waals surface area contributed by atoms with Gasteiger partial charge in [0.15, 0.2) is 0 Å². The number of sulfonamides is 1. The fourth-order valence-electron chi connectivity index (χ4n) is 1.79. The highest BCUT2D eigenvalue weighted by molar-refractivity contribution is 7.92. The Morgan fingerprint density at radius 3 is 2.67 bits per heavy atom. The van der Waals surface area contributed by atoms with E-state index in [-0.39, 0.29) is 17.2 Å². The van der Waals surface area contributed by atoms with E-state index in [0.29, 0.717) is 11.4 Å². The number of ether oxygens (including phenoxy) is 1. The van der Waals surface area contributed by atoms with Gasteiger partial charge in [-0.15, -0.1) is 0 Å². The van der Waals surface area contributed by atoms with E-state index >= 15 is 0 Å². The van der Waals surface area contributed by atoms with E-state index in [1.54, 1.807) is 7.05 Å². The van der Waals surface area contributed by atoms with E-state index in [2.05, 4.69) is 4.72 Å². The number of hydrogen-bond donors (Lipinski definition) is 2. The lowest BCUT2D eigenvalue weighted by Crippen LogP contribution is -2.13. The van der Waals surface area contributed by atoms with Gasteiger partial charge in [-0.3, -0.25) is 4.72 Å². The van der Waals surface area contributed by atoms with E-state index in [9.17, 15) is 12.8 Å². The molecule has 0 saturated carbocycles. The van der Waals surface area contributed by atoms with Gasteiger partial charge in [-0.2, -0.15) is 0 Å². The van der Waals surface area contributed by atoms with E-state index in [1.165, 1.54) is 36.1 Å². The van der Waals surface area contributed by atoms with Gasteiger partial charge in [-0.25, -0.2) is 12.8 Å². The molecular formula is C13H15FN2O4S. The largest absolute Gasteiger partial charge is 0.497 e. The molecule has 2 aromatic rings. The molecule has 0 radical (unpaired) electrons. The van der Waals surface area contributed by atoms with Gasteiger partial charge >= 0.3 is 0 Å². The van der Waals surface area contributed by atoms with Crippen LogP contribution >= 0.6 is 0 Å². The Hall–Kier alpha value is -2.06. The van der Waals surface area contributed by atoms with Crippen molar-refractivity contribution in [1.82, 2.24) is 4.57 Å². The van der Waals surface area contributed by atoms with E-state index in [0.717, 1.165) is 6.07 Å². The van der Waals surface area contributed by atoms with Crippen molar-refractivity contribution in [2.45, 2.75) is 11.5 Å². The minimum Gasteiger partial charge on any atom is -0.497 e. The minimum atomic E-state index is -3.95. The van der Waals surface area contributed by atoms with E-state index in [1.807, 2.05) is 0 Å². The highest BCUT2D eigenvalue weighted by Crippen LogP contribution is 2.24. The molecule has 0 amide bonds. The van der Waals surface area contributed by atoms with Crippen LogP contribution in [0.25, 0.3) is 0 Å². The topological polar surface area (TPSA) is 80.6 Å². The Bertz CT molecular complexity index is 756. The first-order chi connectivity index (χ1) is 9.87. The van der Waals surface area contributed by atoms with Gasteiger partial charge < -0.3 is 14.4 Å². The molecule has 2 N–H and O–H groups in total. The van der Waals surface area contributed by atoms with Gasteiger partial charge in [-0.1, -0.05) is 0 Å². The van der Waals surface area contributed by atoms with Crippen molar-refractivity contribution >= 4 is 15.7 Å². The zero-order valence-corrected chi connectivity index (χ0v) is 12.3. The first-order valence-electron chi connectivity index (χ1n) is 6.00. The van der Waals surface area contributed by atoms with Crippen molar-refractivity contribution in [3.8, 4) is 5.75 Å². The number of nitrogens with zero attached hydrogens (tertiary/aromatic N) is 1. The van der Waals surface area contributed by atoms with Crippen LogP contribution in [-0.2, 0) is 23.7 Å². The van der Waals surface area contributed by atoms with Gasteiger partial charge in [0, 0.05) is 25.0 Å². The number of anilines is 1. The predicted octanol–water partition coefficient (Wildman–Crippen LogP) is 1.47. The molecule has 1 heterocycles. The first-order valence-corrected chi connectivity index (χ1v) is 7.48. The van der Waals surface area contributed by atoms with E-state index in [4.69, 9.17) is 9.84 Å². The first kappa shape index (κ1) is 15.3. The molecule has 1 aromatic carbocycles. The second-order valence-electron chi connectivity index (χ2n) is 4.39. The Morgan fingerprint density at radius 2 is 2.10 bits per heavy atom. The molecule has 0 bridgehead atoms. The third-order valence-corrected chi connectivity index (χ3v) is 4.31. The molecule has 0 aliphatic rings. The maximum absolute atomic E-state index is 13.7. The van der Waals surface area contributed by atoms with Crippen molar-refractivity contribution in [3.05, 3.63) is 42.0 Å². The summed E-state index contributed by atoms with van der Waals surface area (Å²) in [5, 5.41) is 9.09. The van der Waals surface area contributed by atoms with Crippen molar-refractivity contribution in [3.63, 3.8) is 0 Å². The van der Waals surface area contributed by atoms with Crippen LogP contribution in [-0.4, -0.2) is 25.2 Å². The van der Waals surface area contributed by atoms with Crippen molar-refractivity contribution in [1.29, 1.82) is 0 Å². The second-order valence-corrected chi connectivity index (χ2v) is 6.07. The fourth-order valence-corrected chi connectivity index (χ4v) is 2.95. The number of aryl methyl sites for hydroxylation is 1. The third kappa shape index (κ3) is 3.17. The summed E-state index contributed by atoms with van der Waals surface area (Å²) in [6, 6.07) is 5.07. The number of hydrogen-bond acceptors (Lipinski definition) is 4. The summed E-state index contributed by atoms with van der Waals surface area (Å²) in [5.74, 6) is -0.379. The molecule has 0 atom stereocenters. The number of halogens is 1. The highest BCUT2D eigenvalue weighted by atomic mass is 32.2. The van der Waals surface area contributed by atoms with Crippen LogP contribution in [0.15, 0.2) is 35.4 Å². The number of aromatic nitrogens is 1. The van der Waals surface area contributed by atoms with Crippen LogP contribution in [0.1, 0.15) is 5.69 Å². The standard InChI is InChI=1S/C13H15FN2O4S/c1-16-7-11(5-9(16)8-17)21(18,19)15-13-6-10(20-2)3-4-12(13)14/h3-7,15,17H,8H2,1-2H3. The molecule has 0 aliphatic heterocycles. The third-order valence-electron chi connectivity index (χ3n) is 2.97. The Morgan fingerprint density at radius 1 is 1.38 bits per heavy atom. The monoisotopic (exact) mass is 314 g/mol. The number of methoxy groups -OCH3 is 1. The van der Waals surface area contributed by atoms with Crippen molar-refractivity contribution in [2.75, 3.05) is 11.8 Å². The molecule has 2 rings (SSSR count).